The summed E-state index contributed by atoms with van der Waals surface area (Å²) in [5, 5.41) is 10.5. The lowest BCUT2D eigenvalue weighted by Gasteiger charge is -2.43. The minimum absolute atomic E-state index is 0. The van der Waals surface area contributed by atoms with Crippen LogP contribution in [0.4, 0.5) is 24.7 Å². The highest BCUT2D eigenvalue weighted by Crippen LogP contribution is 2.42. The molecular weight excluding hydrogens is 790 g/mol. The zero-order valence-corrected chi connectivity index (χ0v) is 34.4. The van der Waals surface area contributed by atoms with Crippen molar-refractivity contribution in [1.82, 2.24) is 40.2 Å². The van der Waals surface area contributed by atoms with Crippen molar-refractivity contribution >= 4 is 40.1 Å². The number of aromatic amines is 1. The van der Waals surface area contributed by atoms with Crippen molar-refractivity contribution in [3.05, 3.63) is 59.4 Å². The number of piperazine rings is 1. The molecule has 1 unspecified atom stereocenters. The molecule has 7 heterocycles. The summed E-state index contributed by atoms with van der Waals surface area (Å²) in [4.78, 5) is 56.5. The fourth-order valence-electron chi connectivity index (χ4n) is 9.87. The molecule has 2 N–H and O–H groups in total. The van der Waals surface area contributed by atoms with E-state index in [0.29, 0.717) is 87.2 Å². The van der Waals surface area contributed by atoms with Crippen LogP contribution in [-0.2, 0) is 16.1 Å². The third-order valence-corrected chi connectivity index (χ3v) is 13.9. The Labute approximate surface area is 354 Å². The van der Waals surface area contributed by atoms with E-state index >= 15 is 8.78 Å². The average molecular weight is 845 g/mol. The molecule has 3 amide bonds. The van der Waals surface area contributed by atoms with E-state index in [9.17, 15) is 18.8 Å². The Morgan fingerprint density at radius 3 is 2.39 bits per heavy atom. The van der Waals surface area contributed by atoms with E-state index in [-0.39, 0.29) is 50.6 Å². The molecule has 0 bridgehead atoms. The number of hydrogen-bond acceptors (Lipinski definition) is 11. The number of ether oxygens (including phenoxy) is 1. The van der Waals surface area contributed by atoms with Crippen LogP contribution in [0.1, 0.15) is 77.1 Å². The summed E-state index contributed by atoms with van der Waals surface area (Å²) < 4.78 is 53.0. The van der Waals surface area contributed by atoms with E-state index in [1.807, 2.05) is 17.9 Å². The van der Waals surface area contributed by atoms with Gasteiger partial charge in [-0.2, -0.15) is 5.10 Å². The maximum absolute atomic E-state index is 16.3. The number of rotatable bonds is 10. The summed E-state index contributed by atoms with van der Waals surface area (Å²) in [6, 6.07) is 7.55. The first-order valence-corrected chi connectivity index (χ1v) is 21.7. The largest absolute Gasteiger partial charge is 0.484 e. The number of nitrogens with zero attached hydrogens (tertiary/aromatic N) is 8. The van der Waals surface area contributed by atoms with Crippen molar-refractivity contribution in [2.24, 2.45) is 5.92 Å². The molecule has 6 aliphatic rings. The molecule has 326 valence electrons. The van der Waals surface area contributed by atoms with Gasteiger partial charge in [0, 0.05) is 103 Å². The number of aromatic nitrogens is 4. The number of anilines is 2. The second-order valence-corrected chi connectivity index (χ2v) is 18.2. The Kier molecular flexibility index (Phi) is 10.2. The maximum atomic E-state index is 16.3. The number of alkyl halides is 1. The molecule has 4 aromatic rings. The molecule has 17 heteroatoms. The topological polar surface area (TPSA) is 143 Å². The molecule has 4 saturated heterocycles. The van der Waals surface area contributed by atoms with Gasteiger partial charge in [0.05, 0.1) is 23.4 Å². The van der Waals surface area contributed by atoms with E-state index in [1.165, 1.54) is 11.0 Å². The molecule has 1 aliphatic carbocycles. The van der Waals surface area contributed by atoms with Gasteiger partial charge in [-0.1, -0.05) is 0 Å². The van der Waals surface area contributed by atoms with Gasteiger partial charge < -0.3 is 24.3 Å². The van der Waals surface area contributed by atoms with Crippen LogP contribution in [-0.4, -0.2) is 135 Å². The second-order valence-electron chi connectivity index (χ2n) is 18.2. The van der Waals surface area contributed by atoms with Gasteiger partial charge in [0.2, 0.25) is 11.8 Å². The third kappa shape index (κ3) is 7.90. The van der Waals surface area contributed by atoms with Crippen molar-refractivity contribution in [2.45, 2.75) is 82.1 Å². The van der Waals surface area contributed by atoms with Crippen LogP contribution < -0.4 is 19.9 Å². The highest BCUT2D eigenvalue weighted by molar-refractivity contribution is 6.05. The molecular formula is C44H55F3N10O4. The predicted molar refractivity (Wildman–Crippen MR) is 225 cm³/mol. The molecule has 2 aromatic heterocycles. The number of carbonyl (C=O) groups excluding carboxylic acids is 3. The Bertz CT molecular complexity index is 2380. The fourth-order valence-corrected chi connectivity index (χ4v) is 9.87. The first kappa shape index (κ1) is 39.8. The van der Waals surface area contributed by atoms with E-state index in [2.05, 4.69) is 40.2 Å². The molecule has 5 aliphatic heterocycles. The number of piperidine rings is 3. The molecule has 14 nitrogen and oxygen atoms in total. The van der Waals surface area contributed by atoms with Crippen molar-refractivity contribution in [2.75, 3.05) is 75.2 Å². The van der Waals surface area contributed by atoms with Crippen LogP contribution in [0.25, 0.3) is 22.3 Å². The molecule has 61 heavy (non-hydrogen) atoms. The van der Waals surface area contributed by atoms with Crippen molar-refractivity contribution < 1.29 is 35.1 Å². The SMILES string of the molecule is CC1(Oc2cc3c(-c4cc(N5CCC(CN6CCC(F)(CN7CCN(c8ccc9c(c8F)CN(C8CCC(=O)NC8=O)C9=O)CC7)CC6)CC5)ncn4)n[nH]c3cc2F)CC1.[HH].[HH]. The summed E-state index contributed by atoms with van der Waals surface area (Å²) in [5.41, 5.74) is 1.22. The van der Waals surface area contributed by atoms with Gasteiger partial charge in [0.15, 0.2) is 17.4 Å². The Morgan fingerprint density at radius 1 is 0.885 bits per heavy atom. The molecule has 2 aromatic carbocycles. The highest BCUT2D eigenvalue weighted by Gasteiger charge is 2.43. The Morgan fingerprint density at radius 2 is 1.66 bits per heavy atom. The number of fused-ring (bicyclic) bond motifs is 2. The van der Waals surface area contributed by atoms with Gasteiger partial charge in [-0.25, -0.2) is 23.1 Å². The predicted octanol–water partition coefficient (Wildman–Crippen LogP) is 5.33. The van der Waals surface area contributed by atoms with Crippen molar-refractivity contribution in [1.29, 1.82) is 0 Å². The van der Waals surface area contributed by atoms with Gasteiger partial charge >= 0.3 is 0 Å². The lowest BCUT2D eigenvalue weighted by Crippen LogP contribution is -2.54. The standard InChI is InChI=1S/C44H51F3N10O4.2H2/c1-43(8-9-43)61-36-20-29-32(21-31(36)45)51-52-40(29)33-22-37(49-26-48-33)56-12-6-27(7-13-56)23-53-14-10-44(47,11-15-53)25-54-16-18-55(19-17-54)34-3-2-28-30(39(34)46)24-57(42(28)60)35-4-5-38(58)50-41(35)59;;/h2-3,20-22,26-27,35H,4-19,23-25H2,1H3,(H,51,52)(H,50,58,59);2*1H. The number of hydrogen-bond donors (Lipinski definition) is 2. The number of H-pyrrole nitrogens is 1. The number of benzene rings is 2. The monoisotopic (exact) mass is 844 g/mol. The smallest absolute Gasteiger partial charge is 0.255 e. The number of halogens is 3. The molecule has 0 spiro atoms. The fraction of sp³-hybridized carbons (Fsp3) is 0.545. The van der Waals surface area contributed by atoms with Crippen LogP contribution in [0.2, 0.25) is 0 Å². The minimum Gasteiger partial charge on any atom is -0.484 e. The van der Waals surface area contributed by atoms with Gasteiger partial charge in [0.25, 0.3) is 5.91 Å². The average Bonchev–Trinajstić information content (AvgIpc) is 3.69. The quantitative estimate of drug-likeness (QED) is 0.200. The molecule has 0 radical (unpaired) electrons. The first-order valence-electron chi connectivity index (χ1n) is 21.7. The van der Waals surface area contributed by atoms with Crippen LogP contribution in [0.15, 0.2) is 36.7 Å². The lowest BCUT2D eigenvalue weighted by atomic mass is 9.90. The van der Waals surface area contributed by atoms with Gasteiger partial charge in [-0.05, 0) is 76.0 Å². The maximum Gasteiger partial charge on any atom is 0.255 e. The summed E-state index contributed by atoms with van der Waals surface area (Å²) in [6.07, 6.45) is 6.69. The molecule has 1 saturated carbocycles. The summed E-state index contributed by atoms with van der Waals surface area (Å²) in [6.45, 7) is 8.69. The number of likely N-dealkylation sites (tertiary alicyclic amines) is 1. The lowest BCUT2D eigenvalue weighted by molar-refractivity contribution is -0.136. The number of amides is 3. The number of carbonyl (C=O) groups is 3. The molecule has 10 rings (SSSR count). The van der Waals surface area contributed by atoms with Crippen LogP contribution in [0.3, 0.4) is 0 Å². The van der Waals surface area contributed by atoms with Crippen LogP contribution >= 0.6 is 0 Å². The molecule has 1 atom stereocenters. The van der Waals surface area contributed by atoms with E-state index in [4.69, 9.17) is 4.74 Å². The zero-order chi connectivity index (χ0) is 42.0. The summed E-state index contributed by atoms with van der Waals surface area (Å²) >= 11 is 0. The number of nitrogens with one attached hydrogen (secondary N) is 2. The minimum atomic E-state index is -1.27. The Hall–Kier alpha value is -5.29. The van der Waals surface area contributed by atoms with Gasteiger partial charge in [-0.3, -0.25) is 29.7 Å². The zero-order valence-electron chi connectivity index (χ0n) is 34.4. The van der Waals surface area contributed by atoms with Crippen molar-refractivity contribution in [3.63, 3.8) is 0 Å². The van der Waals surface area contributed by atoms with Gasteiger partial charge in [0.1, 0.15) is 35.2 Å². The summed E-state index contributed by atoms with van der Waals surface area (Å²) in [7, 11) is 0. The van der Waals surface area contributed by atoms with E-state index in [1.54, 1.807) is 24.5 Å². The number of imide groups is 1. The van der Waals surface area contributed by atoms with E-state index < -0.39 is 35.2 Å². The Balaban J connectivity index is 0.00000272. The van der Waals surface area contributed by atoms with Crippen molar-refractivity contribution in [3.8, 4) is 17.1 Å². The summed E-state index contributed by atoms with van der Waals surface area (Å²) in [5.74, 6) is -0.604. The first-order chi connectivity index (χ1) is 29.4. The second kappa shape index (κ2) is 15.6. The highest BCUT2D eigenvalue weighted by atomic mass is 19.1. The molecule has 5 fully saturated rings. The van der Waals surface area contributed by atoms with Gasteiger partial charge in [-0.15, -0.1) is 0 Å². The normalized spacial score (nSPS) is 23.4. The van der Waals surface area contributed by atoms with Crippen LogP contribution in [0.5, 0.6) is 5.75 Å². The third-order valence-electron chi connectivity index (χ3n) is 13.9. The van der Waals surface area contributed by atoms with Crippen LogP contribution in [0, 0.1) is 17.6 Å². The van der Waals surface area contributed by atoms with E-state index in [0.717, 1.165) is 56.5 Å².